The van der Waals surface area contributed by atoms with Crippen molar-refractivity contribution in [2.45, 2.75) is 26.2 Å². The number of carbonyl (C=O) groups is 1. The largest absolute Gasteiger partial charge is 0.381 e. The molecule has 0 aromatic heterocycles. The quantitative estimate of drug-likeness (QED) is 0.768. The fraction of sp³-hybridized carbons (Fsp3) is 0.500. The maximum atomic E-state index is 12.1. The normalized spacial score (nSPS) is 17.1. The first kappa shape index (κ1) is 12.6. The first-order valence-corrected chi connectivity index (χ1v) is 6.41. The minimum atomic E-state index is 0.193. The SMILES string of the molecule is Cc1ccc(C(=O)CC2CCOCC2)cc1Cl. The molecule has 0 aliphatic carbocycles. The summed E-state index contributed by atoms with van der Waals surface area (Å²) in [4.78, 5) is 12.1. The van der Waals surface area contributed by atoms with E-state index in [0.29, 0.717) is 17.4 Å². The number of carbonyl (C=O) groups excluding carboxylic acids is 1. The van der Waals surface area contributed by atoms with Crippen LogP contribution in [0.4, 0.5) is 0 Å². The van der Waals surface area contributed by atoms with Gasteiger partial charge in [-0.2, -0.15) is 0 Å². The van der Waals surface area contributed by atoms with Crippen LogP contribution in [0, 0.1) is 12.8 Å². The zero-order valence-electron chi connectivity index (χ0n) is 10.0. The summed E-state index contributed by atoms with van der Waals surface area (Å²) < 4.78 is 5.29. The highest BCUT2D eigenvalue weighted by Crippen LogP contribution is 2.23. The van der Waals surface area contributed by atoms with Crippen molar-refractivity contribution >= 4 is 17.4 Å². The lowest BCUT2D eigenvalue weighted by molar-refractivity contribution is 0.0601. The molecule has 0 N–H and O–H groups in total. The minimum Gasteiger partial charge on any atom is -0.381 e. The van der Waals surface area contributed by atoms with Crippen molar-refractivity contribution in [3.63, 3.8) is 0 Å². The Morgan fingerprint density at radius 2 is 2.12 bits per heavy atom. The van der Waals surface area contributed by atoms with E-state index in [1.807, 2.05) is 19.1 Å². The van der Waals surface area contributed by atoms with Crippen molar-refractivity contribution < 1.29 is 9.53 Å². The topological polar surface area (TPSA) is 26.3 Å². The summed E-state index contributed by atoms with van der Waals surface area (Å²) in [6.45, 7) is 3.51. The molecule has 2 nitrogen and oxygen atoms in total. The summed E-state index contributed by atoms with van der Waals surface area (Å²) in [6.07, 6.45) is 2.60. The van der Waals surface area contributed by atoms with Gasteiger partial charge in [-0.25, -0.2) is 0 Å². The van der Waals surface area contributed by atoms with Gasteiger partial charge in [0.25, 0.3) is 0 Å². The first-order chi connectivity index (χ1) is 8.16. The van der Waals surface area contributed by atoms with Gasteiger partial charge in [-0.3, -0.25) is 4.79 Å². The van der Waals surface area contributed by atoms with Crippen LogP contribution in [-0.4, -0.2) is 19.0 Å². The summed E-state index contributed by atoms with van der Waals surface area (Å²) in [7, 11) is 0. The van der Waals surface area contributed by atoms with Gasteiger partial charge in [0.1, 0.15) is 0 Å². The van der Waals surface area contributed by atoms with E-state index < -0.39 is 0 Å². The average molecular weight is 253 g/mol. The zero-order valence-corrected chi connectivity index (χ0v) is 10.8. The number of ketones is 1. The Morgan fingerprint density at radius 1 is 1.41 bits per heavy atom. The van der Waals surface area contributed by atoms with E-state index >= 15 is 0 Å². The Kier molecular flexibility index (Phi) is 4.19. The molecule has 17 heavy (non-hydrogen) atoms. The van der Waals surface area contributed by atoms with Crippen LogP contribution in [-0.2, 0) is 4.74 Å². The monoisotopic (exact) mass is 252 g/mol. The number of aryl methyl sites for hydroxylation is 1. The molecule has 0 bridgehead atoms. The molecule has 3 heteroatoms. The van der Waals surface area contributed by atoms with Crippen molar-refractivity contribution in [2.24, 2.45) is 5.92 Å². The maximum Gasteiger partial charge on any atom is 0.163 e. The van der Waals surface area contributed by atoms with Gasteiger partial charge in [0.15, 0.2) is 5.78 Å². The fourth-order valence-electron chi connectivity index (χ4n) is 2.10. The third kappa shape index (κ3) is 3.30. The molecule has 0 spiro atoms. The average Bonchev–Trinajstić information content (AvgIpc) is 2.34. The summed E-state index contributed by atoms with van der Waals surface area (Å²) in [5, 5.41) is 0.669. The molecular formula is C14H17ClO2. The summed E-state index contributed by atoms with van der Waals surface area (Å²) in [6, 6.07) is 5.54. The molecule has 1 saturated heterocycles. The number of rotatable bonds is 3. The smallest absolute Gasteiger partial charge is 0.163 e. The van der Waals surface area contributed by atoms with Gasteiger partial charge in [0, 0.05) is 30.2 Å². The van der Waals surface area contributed by atoms with Crippen molar-refractivity contribution in [1.29, 1.82) is 0 Å². The highest BCUT2D eigenvalue weighted by Gasteiger charge is 2.18. The van der Waals surface area contributed by atoms with Gasteiger partial charge < -0.3 is 4.74 Å². The Morgan fingerprint density at radius 3 is 2.76 bits per heavy atom. The summed E-state index contributed by atoms with van der Waals surface area (Å²) in [5.74, 6) is 0.662. The van der Waals surface area contributed by atoms with Gasteiger partial charge in [0.2, 0.25) is 0 Å². The standard InChI is InChI=1S/C14H17ClO2/c1-10-2-3-12(9-13(10)15)14(16)8-11-4-6-17-7-5-11/h2-3,9,11H,4-8H2,1H3. The van der Waals surface area contributed by atoms with Crippen LogP contribution in [0.1, 0.15) is 35.2 Å². The predicted molar refractivity (Wildman–Crippen MR) is 68.7 cm³/mol. The highest BCUT2D eigenvalue weighted by molar-refractivity contribution is 6.31. The van der Waals surface area contributed by atoms with E-state index in [1.165, 1.54) is 0 Å². The Hall–Kier alpha value is -0.860. The third-order valence-electron chi connectivity index (χ3n) is 3.31. The molecule has 1 fully saturated rings. The molecule has 1 aromatic carbocycles. The molecule has 1 aliphatic heterocycles. The molecule has 0 amide bonds. The van der Waals surface area contributed by atoms with Crippen LogP contribution in [0.5, 0.6) is 0 Å². The molecular weight excluding hydrogens is 236 g/mol. The molecule has 0 unspecified atom stereocenters. The number of halogens is 1. The first-order valence-electron chi connectivity index (χ1n) is 6.04. The fourth-order valence-corrected chi connectivity index (χ4v) is 2.28. The Bertz CT molecular complexity index is 409. The lowest BCUT2D eigenvalue weighted by Crippen LogP contribution is -2.18. The van der Waals surface area contributed by atoms with Crippen molar-refractivity contribution in [2.75, 3.05) is 13.2 Å². The Labute approximate surface area is 107 Å². The molecule has 92 valence electrons. The molecule has 0 radical (unpaired) electrons. The van der Waals surface area contributed by atoms with E-state index in [-0.39, 0.29) is 5.78 Å². The van der Waals surface area contributed by atoms with E-state index in [9.17, 15) is 4.79 Å². The predicted octanol–water partition coefficient (Wildman–Crippen LogP) is 3.65. The van der Waals surface area contributed by atoms with E-state index in [2.05, 4.69) is 0 Å². The Balaban J connectivity index is 2.01. The second-order valence-electron chi connectivity index (χ2n) is 4.65. The van der Waals surface area contributed by atoms with Crippen LogP contribution >= 0.6 is 11.6 Å². The molecule has 0 saturated carbocycles. The van der Waals surface area contributed by atoms with Gasteiger partial charge in [-0.1, -0.05) is 23.7 Å². The third-order valence-corrected chi connectivity index (χ3v) is 3.72. The summed E-state index contributed by atoms with van der Waals surface area (Å²) >= 11 is 6.03. The van der Waals surface area contributed by atoms with Crippen LogP contribution in [0.3, 0.4) is 0 Å². The van der Waals surface area contributed by atoms with Crippen LogP contribution in [0.15, 0.2) is 18.2 Å². The van der Waals surface area contributed by atoms with E-state index in [0.717, 1.165) is 37.2 Å². The van der Waals surface area contributed by atoms with Gasteiger partial charge >= 0.3 is 0 Å². The number of hydrogen-bond donors (Lipinski definition) is 0. The molecule has 1 aliphatic rings. The lowest BCUT2D eigenvalue weighted by Gasteiger charge is -2.21. The van der Waals surface area contributed by atoms with Crippen molar-refractivity contribution in [3.8, 4) is 0 Å². The zero-order chi connectivity index (χ0) is 12.3. The lowest BCUT2D eigenvalue weighted by atomic mass is 9.92. The van der Waals surface area contributed by atoms with Gasteiger partial charge in [0.05, 0.1) is 0 Å². The van der Waals surface area contributed by atoms with Gasteiger partial charge in [-0.15, -0.1) is 0 Å². The number of Topliss-reactive ketones (excluding diaryl/α,β-unsaturated/α-hetero) is 1. The van der Waals surface area contributed by atoms with Gasteiger partial charge in [-0.05, 0) is 37.3 Å². The molecule has 1 aromatic rings. The second kappa shape index (κ2) is 5.65. The van der Waals surface area contributed by atoms with Crippen LogP contribution in [0.2, 0.25) is 5.02 Å². The maximum absolute atomic E-state index is 12.1. The van der Waals surface area contributed by atoms with Crippen molar-refractivity contribution in [3.05, 3.63) is 34.3 Å². The number of hydrogen-bond acceptors (Lipinski definition) is 2. The van der Waals surface area contributed by atoms with Crippen LogP contribution in [0.25, 0.3) is 0 Å². The number of ether oxygens (including phenoxy) is 1. The van der Waals surface area contributed by atoms with Crippen LogP contribution < -0.4 is 0 Å². The summed E-state index contributed by atoms with van der Waals surface area (Å²) in [5.41, 5.74) is 1.74. The second-order valence-corrected chi connectivity index (χ2v) is 5.05. The number of benzene rings is 1. The highest BCUT2D eigenvalue weighted by atomic mass is 35.5. The van der Waals surface area contributed by atoms with Crippen molar-refractivity contribution in [1.82, 2.24) is 0 Å². The minimum absolute atomic E-state index is 0.193. The van der Waals surface area contributed by atoms with E-state index in [1.54, 1.807) is 6.07 Å². The molecule has 1 heterocycles. The molecule has 0 atom stereocenters. The molecule has 2 rings (SSSR count). The van der Waals surface area contributed by atoms with E-state index in [4.69, 9.17) is 16.3 Å².